The standard InChI is InChI=1S/C16H19ClN2O/c1-19(10-11-5-6-11)15(20)8-7-12-9-18-16-13(12)3-2-4-14(16)17/h2-4,9,11,18H,5-8,10H2,1H3. The second-order valence-corrected chi connectivity index (χ2v) is 6.10. The van der Waals surface area contributed by atoms with Gasteiger partial charge in [0.15, 0.2) is 0 Å². The predicted molar refractivity (Wildman–Crippen MR) is 82.0 cm³/mol. The van der Waals surface area contributed by atoms with Crippen LogP contribution < -0.4 is 0 Å². The van der Waals surface area contributed by atoms with E-state index in [0.29, 0.717) is 6.42 Å². The Labute approximate surface area is 123 Å². The lowest BCUT2D eigenvalue weighted by Crippen LogP contribution is -2.28. The topological polar surface area (TPSA) is 36.1 Å². The number of aromatic nitrogens is 1. The SMILES string of the molecule is CN(CC1CC1)C(=O)CCc1c[nH]c2c(Cl)cccc12. The molecule has 106 valence electrons. The zero-order valence-corrected chi connectivity index (χ0v) is 12.4. The molecule has 1 aliphatic rings. The summed E-state index contributed by atoms with van der Waals surface area (Å²) in [6.45, 7) is 0.915. The first-order valence-corrected chi connectivity index (χ1v) is 7.51. The quantitative estimate of drug-likeness (QED) is 0.897. The maximum Gasteiger partial charge on any atom is 0.222 e. The van der Waals surface area contributed by atoms with Crippen molar-refractivity contribution in [3.05, 3.63) is 35.0 Å². The van der Waals surface area contributed by atoms with Gasteiger partial charge in [0.2, 0.25) is 5.91 Å². The Morgan fingerprint density at radius 1 is 1.45 bits per heavy atom. The Morgan fingerprint density at radius 2 is 2.25 bits per heavy atom. The summed E-state index contributed by atoms with van der Waals surface area (Å²) in [6, 6.07) is 5.87. The van der Waals surface area contributed by atoms with E-state index < -0.39 is 0 Å². The number of nitrogens with one attached hydrogen (secondary N) is 1. The van der Waals surface area contributed by atoms with Crippen molar-refractivity contribution in [3.8, 4) is 0 Å². The normalized spacial score (nSPS) is 14.7. The Hall–Kier alpha value is -1.48. The van der Waals surface area contributed by atoms with Crippen LogP contribution >= 0.6 is 11.6 Å². The highest BCUT2D eigenvalue weighted by molar-refractivity contribution is 6.35. The Morgan fingerprint density at radius 3 is 3.00 bits per heavy atom. The van der Waals surface area contributed by atoms with Gasteiger partial charge >= 0.3 is 0 Å². The van der Waals surface area contributed by atoms with Crippen molar-refractivity contribution in [2.45, 2.75) is 25.7 Å². The highest BCUT2D eigenvalue weighted by Gasteiger charge is 2.24. The van der Waals surface area contributed by atoms with Gasteiger partial charge in [0.05, 0.1) is 10.5 Å². The van der Waals surface area contributed by atoms with Crippen molar-refractivity contribution in [1.82, 2.24) is 9.88 Å². The lowest BCUT2D eigenvalue weighted by Gasteiger charge is -2.16. The van der Waals surface area contributed by atoms with Crippen LogP contribution in [0, 0.1) is 5.92 Å². The summed E-state index contributed by atoms with van der Waals surface area (Å²) >= 11 is 6.14. The average Bonchev–Trinajstić information content (AvgIpc) is 3.14. The number of aryl methyl sites for hydroxylation is 1. The molecular formula is C16H19ClN2O. The number of carbonyl (C=O) groups is 1. The first-order valence-electron chi connectivity index (χ1n) is 7.13. The number of hydrogen-bond donors (Lipinski definition) is 1. The number of nitrogens with zero attached hydrogens (tertiary/aromatic N) is 1. The number of fused-ring (bicyclic) bond motifs is 1. The van der Waals surface area contributed by atoms with E-state index in [1.165, 1.54) is 12.8 Å². The highest BCUT2D eigenvalue weighted by Crippen LogP contribution is 2.29. The summed E-state index contributed by atoms with van der Waals surface area (Å²) in [5.41, 5.74) is 2.12. The van der Waals surface area contributed by atoms with Crippen molar-refractivity contribution in [2.75, 3.05) is 13.6 Å². The van der Waals surface area contributed by atoms with Crippen molar-refractivity contribution < 1.29 is 4.79 Å². The van der Waals surface area contributed by atoms with Crippen molar-refractivity contribution in [2.24, 2.45) is 5.92 Å². The molecule has 0 atom stereocenters. The molecule has 0 radical (unpaired) electrons. The minimum absolute atomic E-state index is 0.230. The monoisotopic (exact) mass is 290 g/mol. The molecule has 0 unspecified atom stereocenters. The Kier molecular flexibility index (Phi) is 3.70. The van der Waals surface area contributed by atoms with Crippen LogP contribution in [0.4, 0.5) is 0 Å². The van der Waals surface area contributed by atoms with E-state index >= 15 is 0 Å². The summed E-state index contributed by atoms with van der Waals surface area (Å²) in [5, 5.41) is 1.85. The zero-order chi connectivity index (χ0) is 14.1. The van der Waals surface area contributed by atoms with Crippen molar-refractivity contribution in [3.63, 3.8) is 0 Å². The van der Waals surface area contributed by atoms with E-state index in [0.717, 1.165) is 40.4 Å². The van der Waals surface area contributed by atoms with Crippen LogP contribution in [0.25, 0.3) is 10.9 Å². The van der Waals surface area contributed by atoms with E-state index in [4.69, 9.17) is 11.6 Å². The van der Waals surface area contributed by atoms with Gasteiger partial charge in [-0.25, -0.2) is 0 Å². The molecule has 0 bridgehead atoms. The molecule has 2 aromatic rings. The fraction of sp³-hybridized carbons (Fsp3) is 0.438. The molecule has 1 saturated carbocycles. The fourth-order valence-electron chi connectivity index (χ4n) is 2.60. The number of rotatable bonds is 5. The molecule has 20 heavy (non-hydrogen) atoms. The van der Waals surface area contributed by atoms with Crippen LogP contribution in [0.5, 0.6) is 0 Å². The van der Waals surface area contributed by atoms with Crippen LogP contribution in [0.15, 0.2) is 24.4 Å². The zero-order valence-electron chi connectivity index (χ0n) is 11.7. The minimum atomic E-state index is 0.230. The van der Waals surface area contributed by atoms with E-state index in [2.05, 4.69) is 4.98 Å². The lowest BCUT2D eigenvalue weighted by molar-refractivity contribution is -0.130. The molecular weight excluding hydrogens is 272 g/mol. The molecule has 1 aromatic heterocycles. The second-order valence-electron chi connectivity index (χ2n) is 5.69. The highest BCUT2D eigenvalue weighted by atomic mass is 35.5. The summed E-state index contributed by atoms with van der Waals surface area (Å²) < 4.78 is 0. The van der Waals surface area contributed by atoms with Gasteiger partial charge in [-0.2, -0.15) is 0 Å². The van der Waals surface area contributed by atoms with E-state index in [9.17, 15) is 4.79 Å². The maximum absolute atomic E-state index is 12.1. The van der Waals surface area contributed by atoms with E-state index in [1.54, 1.807) is 0 Å². The molecule has 1 aromatic carbocycles. The second kappa shape index (κ2) is 5.49. The van der Waals surface area contributed by atoms with Crippen LogP contribution in [0.1, 0.15) is 24.8 Å². The minimum Gasteiger partial charge on any atom is -0.360 e. The summed E-state index contributed by atoms with van der Waals surface area (Å²) in [4.78, 5) is 17.2. The third kappa shape index (κ3) is 2.83. The first-order chi connectivity index (χ1) is 9.65. The van der Waals surface area contributed by atoms with Gasteiger partial charge in [0.1, 0.15) is 0 Å². The molecule has 3 nitrogen and oxygen atoms in total. The van der Waals surface area contributed by atoms with Gasteiger partial charge in [-0.15, -0.1) is 0 Å². The predicted octanol–water partition coefficient (Wildman–Crippen LogP) is 3.62. The van der Waals surface area contributed by atoms with E-state index in [-0.39, 0.29) is 5.91 Å². The third-order valence-corrected chi connectivity index (χ3v) is 4.33. The Balaban J connectivity index is 1.64. The molecule has 4 heteroatoms. The van der Waals surface area contributed by atoms with Crippen LogP contribution in [0.2, 0.25) is 5.02 Å². The van der Waals surface area contributed by atoms with Crippen LogP contribution in [-0.4, -0.2) is 29.4 Å². The van der Waals surface area contributed by atoms with Crippen LogP contribution in [-0.2, 0) is 11.2 Å². The van der Waals surface area contributed by atoms with Crippen LogP contribution in [0.3, 0.4) is 0 Å². The molecule has 1 fully saturated rings. The molecule has 1 N–H and O–H groups in total. The number of benzene rings is 1. The molecule has 0 spiro atoms. The molecule has 1 heterocycles. The summed E-state index contributed by atoms with van der Waals surface area (Å²) in [6.07, 6.45) is 5.83. The number of amides is 1. The lowest BCUT2D eigenvalue weighted by atomic mass is 10.1. The van der Waals surface area contributed by atoms with Gasteiger partial charge in [0, 0.05) is 31.6 Å². The number of hydrogen-bond acceptors (Lipinski definition) is 1. The largest absolute Gasteiger partial charge is 0.360 e. The smallest absolute Gasteiger partial charge is 0.222 e. The third-order valence-electron chi connectivity index (χ3n) is 4.01. The molecule has 0 saturated heterocycles. The number of halogens is 1. The Bertz CT molecular complexity index is 630. The average molecular weight is 291 g/mol. The number of H-pyrrole nitrogens is 1. The summed E-state index contributed by atoms with van der Waals surface area (Å²) in [5.74, 6) is 0.976. The number of para-hydroxylation sites is 1. The van der Waals surface area contributed by atoms with E-state index in [1.807, 2.05) is 36.3 Å². The van der Waals surface area contributed by atoms with Gasteiger partial charge in [0.25, 0.3) is 0 Å². The maximum atomic E-state index is 12.1. The molecule has 3 rings (SSSR count). The van der Waals surface area contributed by atoms with Crippen molar-refractivity contribution >= 4 is 28.4 Å². The molecule has 1 aliphatic carbocycles. The molecule has 0 aliphatic heterocycles. The fourth-order valence-corrected chi connectivity index (χ4v) is 2.83. The van der Waals surface area contributed by atoms with Gasteiger partial charge in [-0.3, -0.25) is 4.79 Å². The number of carbonyl (C=O) groups excluding carboxylic acids is 1. The molecule has 1 amide bonds. The first kappa shape index (κ1) is 13.5. The van der Waals surface area contributed by atoms with Gasteiger partial charge in [-0.1, -0.05) is 23.7 Å². The summed E-state index contributed by atoms with van der Waals surface area (Å²) in [7, 11) is 1.91. The van der Waals surface area contributed by atoms with Gasteiger partial charge in [-0.05, 0) is 36.8 Å². The van der Waals surface area contributed by atoms with Gasteiger partial charge < -0.3 is 9.88 Å². The van der Waals surface area contributed by atoms with Crippen molar-refractivity contribution in [1.29, 1.82) is 0 Å². The number of aromatic amines is 1.